The monoisotopic (exact) mass is 193 g/mol. The van der Waals surface area contributed by atoms with Gasteiger partial charge in [-0.1, -0.05) is 18.2 Å². The Morgan fingerprint density at radius 2 is 2.00 bits per heavy atom. The number of nitriles is 1. The van der Waals surface area contributed by atoms with Crippen LogP contribution in [0.2, 0.25) is 0 Å². The first-order chi connectivity index (χ1) is 6.55. The van der Waals surface area contributed by atoms with Gasteiger partial charge in [0, 0.05) is 6.08 Å². The van der Waals surface area contributed by atoms with Crippen molar-refractivity contribution in [1.29, 1.82) is 5.26 Å². The van der Waals surface area contributed by atoms with Crippen molar-refractivity contribution in [1.82, 2.24) is 0 Å². The predicted molar refractivity (Wildman–Crippen MR) is 53.4 cm³/mol. The fourth-order valence-electron chi connectivity index (χ4n) is 1.43. The molecular formula is C11H15NO2. The average molecular weight is 193 g/mol. The van der Waals surface area contributed by atoms with Crippen LogP contribution in [0.4, 0.5) is 0 Å². The van der Waals surface area contributed by atoms with Crippen molar-refractivity contribution < 1.29 is 9.47 Å². The van der Waals surface area contributed by atoms with Crippen LogP contribution in [0.25, 0.3) is 0 Å². The molecule has 0 aromatic carbocycles. The first-order valence-corrected chi connectivity index (χ1v) is 4.64. The van der Waals surface area contributed by atoms with E-state index in [1.165, 1.54) is 6.08 Å². The van der Waals surface area contributed by atoms with Crippen LogP contribution in [0.3, 0.4) is 0 Å². The largest absolute Gasteiger partial charge is 0.345 e. The van der Waals surface area contributed by atoms with E-state index >= 15 is 0 Å². The van der Waals surface area contributed by atoms with E-state index in [9.17, 15) is 0 Å². The van der Waals surface area contributed by atoms with Crippen molar-refractivity contribution in [2.24, 2.45) is 0 Å². The topological polar surface area (TPSA) is 42.2 Å². The Hall–Kier alpha value is -1.11. The highest BCUT2D eigenvalue weighted by Gasteiger charge is 2.36. The Labute approximate surface area is 84.6 Å². The number of allylic oxidation sites excluding steroid dienone is 3. The van der Waals surface area contributed by atoms with Gasteiger partial charge in [0.25, 0.3) is 0 Å². The molecule has 1 aliphatic heterocycles. The summed E-state index contributed by atoms with van der Waals surface area (Å²) in [6.07, 6.45) is 6.82. The Balaban J connectivity index is 2.51. The van der Waals surface area contributed by atoms with E-state index in [2.05, 4.69) is 0 Å². The van der Waals surface area contributed by atoms with Crippen molar-refractivity contribution in [2.75, 3.05) is 0 Å². The molecule has 0 bridgehead atoms. The van der Waals surface area contributed by atoms with E-state index in [1.807, 2.05) is 32.9 Å². The van der Waals surface area contributed by atoms with E-state index in [-0.39, 0.29) is 12.2 Å². The highest BCUT2D eigenvalue weighted by molar-refractivity contribution is 5.13. The molecule has 0 aromatic heterocycles. The van der Waals surface area contributed by atoms with Crippen LogP contribution in [-0.2, 0) is 9.47 Å². The number of hydrogen-bond acceptors (Lipinski definition) is 3. The van der Waals surface area contributed by atoms with E-state index in [4.69, 9.17) is 14.7 Å². The van der Waals surface area contributed by atoms with Gasteiger partial charge in [-0.05, 0) is 20.8 Å². The maximum Gasteiger partial charge on any atom is 0.164 e. The standard InChI is InChI=1S/C11H15NO2/c1-9-10(7-5-4-6-8-12)14-11(2,3)13-9/h4-7,9-10H,1-3H3/b6-4+,7-5+/t9-,10-/m0/s1. The lowest BCUT2D eigenvalue weighted by atomic mass is 10.2. The van der Waals surface area contributed by atoms with Gasteiger partial charge >= 0.3 is 0 Å². The fraction of sp³-hybridized carbons (Fsp3) is 0.545. The molecule has 0 saturated carbocycles. The zero-order chi connectivity index (χ0) is 10.6. The third-order valence-corrected chi connectivity index (χ3v) is 1.93. The highest BCUT2D eigenvalue weighted by atomic mass is 16.7. The quantitative estimate of drug-likeness (QED) is 0.498. The molecule has 1 aliphatic rings. The van der Waals surface area contributed by atoms with Gasteiger partial charge in [0.05, 0.1) is 12.2 Å². The number of rotatable bonds is 2. The second kappa shape index (κ2) is 4.41. The molecule has 0 unspecified atom stereocenters. The van der Waals surface area contributed by atoms with Gasteiger partial charge in [0.15, 0.2) is 5.79 Å². The van der Waals surface area contributed by atoms with Crippen LogP contribution < -0.4 is 0 Å². The molecule has 0 radical (unpaired) electrons. The van der Waals surface area contributed by atoms with Crippen molar-refractivity contribution in [3.8, 4) is 6.07 Å². The van der Waals surface area contributed by atoms with Crippen molar-refractivity contribution in [3.63, 3.8) is 0 Å². The van der Waals surface area contributed by atoms with E-state index in [1.54, 1.807) is 12.2 Å². The van der Waals surface area contributed by atoms with Crippen LogP contribution in [0.5, 0.6) is 0 Å². The fourth-order valence-corrected chi connectivity index (χ4v) is 1.43. The summed E-state index contributed by atoms with van der Waals surface area (Å²) in [6, 6.07) is 1.92. The summed E-state index contributed by atoms with van der Waals surface area (Å²) < 4.78 is 11.2. The minimum Gasteiger partial charge on any atom is -0.345 e. The van der Waals surface area contributed by atoms with Crippen LogP contribution >= 0.6 is 0 Å². The van der Waals surface area contributed by atoms with Gasteiger partial charge in [-0.25, -0.2) is 0 Å². The predicted octanol–water partition coefficient (Wildman–Crippen LogP) is 2.16. The van der Waals surface area contributed by atoms with Gasteiger partial charge in [-0.15, -0.1) is 0 Å². The summed E-state index contributed by atoms with van der Waals surface area (Å²) in [5.41, 5.74) is 0. The van der Waals surface area contributed by atoms with Crippen LogP contribution in [-0.4, -0.2) is 18.0 Å². The van der Waals surface area contributed by atoms with E-state index in [0.29, 0.717) is 0 Å². The minimum atomic E-state index is -0.507. The molecule has 0 aromatic rings. The average Bonchev–Trinajstić information content (AvgIpc) is 2.34. The van der Waals surface area contributed by atoms with Crippen LogP contribution in [0.15, 0.2) is 24.3 Å². The Morgan fingerprint density at radius 3 is 2.50 bits per heavy atom. The molecule has 1 rings (SSSR count). The van der Waals surface area contributed by atoms with E-state index < -0.39 is 5.79 Å². The third kappa shape index (κ3) is 2.99. The second-order valence-electron chi connectivity index (χ2n) is 3.68. The zero-order valence-corrected chi connectivity index (χ0v) is 8.73. The first-order valence-electron chi connectivity index (χ1n) is 4.64. The normalized spacial score (nSPS) is 31.3. The van der Waals surface area contributed by atoms with Gasteiger partial charge in [0.2, 0.25) is 0 Å². The SMILES string of the molecule is C[C@@H]1OC(C)(C)O[C@H]1/C=C/C=C/C#N. The zero-order valence-electron chi connectivity index (χ0n) is 8.73. The minimum absolute atomic E-state index is 0.0339. The molecule has 1 fully saturated rings. The first kappa shape index (κ1) is 11.0. The molecule has 76 valence electrons. The lowest BCUT2D eigenvalue weighted by Gasteiger charge is -2.15. The lowest BCUT2D eigenvalue weighted by molar-refractivity contribution is -0.141. The summed E-state index contributed by atoms with van der Waals surface area (Å²) in [6.45, 7) is 5.75. The second-order valence-corrected chi connectivity index (χ2v) is 3.68. The molecule has 2 atom stereocenters. The van der Waals surface area contributed by atoms with Crippen molar-refractivity contribution >= 4 is 0 Å². The van der Waals surface area contributed by atoms with Crippen LogP contribution in [0, 0.1) is 11.3 Å². The molecule has 14 heavy (non-hydrogen) atoms. The summed E-state index contributed by atoms with van der Waals surface area (Å²) >= 11 is 0. The Bertz CT molecular complexity index is 286. The van der Waals surface area contributed by atoms with Gasteiger partial charge < -0.3 is 9.47 Å². The molecule has 0 aliphatic carbocycles. The number of hydrogen-bond donors (Lipinski definition) is 0. The van der Waals surface area contributed by atoms with Crippen LogP contribution in [0.1, 0.15) is 20.8 Å². The molecule has 0 amide bonds. The highest BCUT2D eigenvalue weighted by Crippen LogP contribution is 2.28. The molecule has 3 nitrogen and oxygen atoms in total. The maximum atomic E-state index is 8.27. The number of nitrogens with zero attached hydrogens (tertiary/aromatic N) is 1. The van der Waals surface area contributed by atoms with Gasteiger partial charge in [-0.3, -0.25) is 0 Å². The Morgan fingerprint density at radius 1 is 1.29 bits per heavy atom. The summed E-state index contributed by atoms with van der Waals surface area (Å²) in [4.78, 5) is 0. The summed E-state index contributed by atoms with van der Waals surface area (Å²) in [5.74, 6) is -0.507. The number of ether oxygens (including phenoxy) is 2. The maximum absolute atomic E-state index is 8.27. The molecular weight excluding hydrogens is 178 g/mol. The van der Waals surface area contributed by atoms with E-state index in [0.717, 1.165) is 0 Å². The molecule has 3 heteroatoms. The van der Waals surface area contributed by atoms with Gasteiger partial charge in [-0.2, -0.15) is 5.26 Å². The van der Waals surface area contributed by atoms with Crippen molar-refractivity contribution in [2.45, 2.75) is 38.8 Å². The molecule has 0 N–H and O–H groups in total. The lowest BCUT2D eigenvalue weighted by Crippen LogP contribution is -2.20. The summed E-state index contributed by atoms with van der Waals surface area (Å²) in [7, 11) is 0. The Kier molecular flexibility index (Phi) is 3.45. The molecule has 0 spiro atoms. The molecule has 1 heterocycles. The summed E-state index contributed by atoms with van der Waals surface area (Å²) in [5, 5.41) is 8.27. The molecule has 1 saturated heterocycles. The van der Waals surface area contributed by atoms with Gasteiger partial charge in [0.1, 0.15) is 6.10 Å². The smallest absolute Gasteiger partial charge is 0.164 e. The van der Waals surface area contributed by atoms with Crippen molar-refractivity contribution in [3.05, 3.63) is 24.3 Å². The third-order valence-electron chi connectivity index (χ3n) is 1.93.